The Morgan fingerprint density at radius 2 is 1.76 bits per heavy atom. The number of rotatable bonds is 9. The molecule has 0 amide bonds. The van der Waals surface area contributed by atoms with Crippen molar-refractivity contribution in [2.75, 3.05) is 23.8 Å². The minimum absolute atomic E-state index is 0.171. The minimum Gasteiger partial charge on any atom is -0.492 e. The summed E-state index contributed by atoms with van der Waals surface area (Å²) in [5, 5.41) is 6.34. The van der Waals surface area contributed by atoms with Gasteiger partial charge in [-0.05, 0) is 70.2 Å². The van der Waals surface area contributed by atoms with Gasteiger partial charge in [-0.25, -0.2) is 18.1 Å². The highest BCUT2D eigenvalue weighted by molar-refractivity contribution is 7.89. The molecule has 1 heterocycles. The number of nitrogens with one attached hydrogen (secondary N) is 3. The maximum Gasteiger partial charge on any atom is 0.241 e. The molecule has 9 nitrogen and oxygen atoms in total. The summed E-state index contributed by atoms with van der Waals surface area (Å²) in [6, 6.07) is 14.0. The van der Waals surface area contributed by atoms with Crippen LogP contribution in [0, 0.1) is 6.92 Å². The highest BCUT2D eigenvalue weighted by Gasteiger charge is 2.22. The maximum absolute atomic E-state index is 12.7. The molecule has 3 aromatic rings. The molecule has 0 aliphatic rings. The van der Waals surface area contributed by atoms with Gasteiger partial charge in [-0.3, -0.25) is 0 Å². The van der Waals surface area contributed by atoms with Gasteiger partial charge >= 0.3 is 0 Å². The van der Waals surface area contributed by atoms with Crippen LogP contribution in [0.4, 0.5) is 23.1 Å². The lowest BCUT2D eigenvalue weighted by Crippen LogP contribution is -2.40. The van der Waals surface area contributed by atoms with Crippen molar-refractivity contribution in [3.8, 4) is 5.75 Å². The molecule has 2 aromatic carbocycles. The number of benzene rings is 2. The van der Waals surface area contributed by atoms with E-state index in [9.17, 15) is 8.42 Å². The molecule has 10 heteroatoms. The number of nitrogens with two attached hydrogens (primary N) is 1. The lowest BCUT2D eigenvalue weighted by Gasteiger charge is -2.20. The van der Waals surface area contributed by atoms with Crippen molar-refractivity contribution in [2.24, 2.45) is 5.73 Å². The van der Waals surface area contributed by atoms with Crippen molar-refractivity contribution in [3.63, 3.8) is 0 Å². The van der Waals surface area contributed by atoms with E-state index in [0.29, 0.717) is 30.6 Å². The number of hydrogen-bond acceptors (Lipinski definition) is 8. The van der Waals surface area contributed by atoms with Gasteiger partial charge in [0.1, 0.15) is 18.2 Å². The normalized spacial score (nSPS) is 11.8. The number of anilines is 4. The molecule has 0 radical (unpaired) electrons. The topological polar surface area (TPSA) is 131 Å². The summed E-state index contributed by atoms with van der Waals surface area (Å²) in [6.07, 6.45) is 1.69. The van der Waals surface area contributed by atoms with E-state index in [0.717, 1.165) is 17.0 Å². The number of sulfonamides is 1. The van der Waals surface area contributed by atoms with Crippen LogP contribution in [-0.2, 0) is 10.0 Å². The SMILES string of the molecule is Cc1cnc(Nc2ccc(OCCN)cc2)nc1Nc1cccc(S(=O)(=O)NC(C)(C)C)c1. The van der Waals surface area contributed by atoms with E-state index in [1.54, 1.807) is 51.2 Å². The predicted molar refractivity (Wildman–Crippen MR) is 131 cm³/mol. The Hall–Kier alpha value is -3.21. The zero-order chi connectivity index (χ0) is 24.1. The van der Waals surface area contributed by atoms with E-state index in [-0.39, 0.29) is 4.90 Å². The number of hydrogen-bond donors (Lipinski definition) is 4. The first-order valence-corrected chi connectivity index (χ1v) is 12.0. The van der Waals surface area contributed by atoms with Gasteiger partial charge < -0.3 is 21.1 Å². The number of nitrogens with zero attached hydrogens (tertiary/aromatic N) is 2. The minimum atomic E-state index is -3.65. The summed E-state index contributed by atoms with van der Waals surface area (Å²) < 4.78 is 33.5. The zero-order valence-corrected chi connectivity index (χ0v) is 20.0. The standard InChI is InChI=1S/C23H30N6O3S/c1-16-15-25-22(27-17-8-10-19(11-9-17)32-13-12-24)28-21(16)26-18-6-5-7-20(14-18)33(30,31)29-23(2,3)4/h5-11,14-15,29H,12-13,24H2,1-4H3,(H2,25,26,27,28). The highest BCUT2D eigenvalue weighted by Crippen LogP contribution is 2.24. The third-order valence-electron chi connectivity index (χ3n) is 4.32. The van der Waals surface area contributed by atoms with Gasteiger partial charge in [0, 0.05) is 35.2 Å². The van der Waals surface area contributed by atoms with Crippen molar-refractivity contribution in [1.29, 1.82) is 0 Å². The fourth-order valence-corrected chi connectivity index (χ4v) is 4.37. The Morgan fingerprint density at radius 3 is 2.42 bits per heavy atom. The van der Waals surface area contributed by atoms with Crippen molar-refractivity contribution in [2.45, 2.75) is 38.1 Å². The predicted octanol–water partition coefficient (Wildman–Crippen LogP) is 3.69. The quantitative estimate of drug-likeness (QED) is 0.372. The molecule has 0 aliphatic carbocycles. The first-order valence-electron chi connectivity index (χ1n) is 10.5. The molecule has 0 saturated carbocycles. The van der Waals surface area contributed by atoms with Crippen LogP contribution >= 0.6 is 0 Å². The van der Waals surface area contributed by atoms with Gasteiger partial charge in [-0.15, -0.1) is 0 Å². The van der Waals surface area contributed by atoms with Gasteiger partial charge in [0.05, 0.1) is 4.90 Å². The van der Waals surface area contributed by atoms with Gasteiger partial charge in [0.25, 0.3) is 0 Å². The molecule has 0 atom stereocenters. The summed E-state index contributed by atoms with van der Waals surface area (Å²) in [5.41, 5.74) is 7.08. The van der Waals surface area contributed by atoms with Crippen LogP contribution in [-0.4, -0.2) is 37.1 Å². The first-order chi connectivity index (χ1) is 15.6. The monoisotopic (exact) mass is 470 g/mol. The van der Waals surface area contributed by atoms with Crippen LogP contribution < -0.4 is 25.8 Å². The van der Waals surface area contributed by atoms with E-state index in [1.165, 1.54) is 0 Å². The van der Waals surface area contributed by atoms with Crippen LogP contribution in [0.15, 0.2) is 59.6 Å². The smallest absolute Gasteiger partial charge is 0.241 e. The Labute approximate surface area is 194 Å². The Morgan fingerprint density at radius 1 is 1.03 bits per heavy atom. The second-order valence-corrected chi connectivity index (χ2v) is 10.2. The van der Waals surface area contributed by atoms with Gasteiger partial charge in [-0.1, -0.05) is 6.07 Å². The molecule has 0 spiro atoms. The average Bonchev–Trinajstić information content (AvgIpc) is 2.74. The Bertz CT molecular complexity index is 1190. The molecule has 0 aliphatic heterocycles. The zero-order valence-electron chi connectivity index (χ0n) is 19.2. The summed E-state index contributed by atoms with van der Waals surface area (Å²) >= 11 is 0. The van der Waals surface area contributed by atoms with Crippen LogP contribution in [0.1, 0.15) is 26.3 Å². The number of aromatic nitrogens is 2. The summed E-state index contributed by atoms with van der Waals surface area (Å²) in [5.74, 6) is 1.69. The van der Waals surface area contributed by atoms with Gasteiger partial charge in [0.15, 0.2) is 0 Å². The molecule has 5 N–H and O–H groups in total. The molecule has 0 unspecified atom stereocenters. The summed E-state index contributed by atoms with van der Waals surface area (Å²) in [7, 11) is -3.65. The third-order valence-corrected chi connectivity index (χ3v) is 6.07. The van der Waals surface area contributed by atoms with E-state index in [2.05, 4.69) is 25.3 Å². The fourth-order valence-electron chi connectivity index (χ4n) is 2.91. The number of aryl methyl sites for hydroxylation is 1. The second kappa shape index (κ2) is 10.2. The first kappa shape index (κ1) is 24.4. The molecular formula is C23H30N6O3S. The van der Waals surface area contributed by atoms with Crippen molar-refractivity contribution in [1.82, 2.24) is 14.7 Å². The molecule has 0 fully saturated rings. The lowest BCUT2D eigenvalue weighted by atomic mass is 10.1. The van der Waals surface area contributed by atoms with Crippen molar-refractivity contribution in [3.05, 3.63) is 60.3 Å². The molecule has 1 aromatic heterocycles. The highest BCUT2D eigenvalue weighted by atomic mass is 32.2. The molecular weight excluding hydrogens is 440 g/mol. The van der Waals surface area contributed by atoms with Crippen molar-refractivity contribution < 1.29 is 13.2 Å². The summed E-state index contributed by atoms with van der Waals surface area (Å²) in [6.45, 7) is 8.18. The molecule has 0 bridgehead atoms. The van der Waals surface area contributed by atoms with Gasteiger partial charge in [0.2, 0.25) is 16.0 Å². The Balaban J connectivity index is 1.77. The van der Waals surface area contributed by atoms with E-state index < -0.39 is 15.6 Å². The average molecular weight is 471 g/mol. The molecule has 3 rings (SSSR count). The third kappa shape index (κ3) is 7.14. The maximum atomic E-state index is 12.7. The molecule has 33 heavy (non-hydrogen) atoms. The fraction of sp³-hybridized carbons (Fsp3) is 0.304. The van der Waals surface area contributed by atoms with Crippen LogP contribution in [0.25, 0.3) is 0 Å². The lowest BCUT2D eigenvalue weighted by molar-refractivity contribution is 0.328. The van der Waals surface area contributed by atoms with Crippen LogP contribution in [0.2, 0.25) is 0 Å². The Kier molecular flexibility index (Phi) is 7.52. The molecule has 176 valence electrons. The van der Waals surface area contributed by atoms with Gasteiger partial charge in [-0.2, -0.15) is 4.98 Å². The molecule has 0 saturated heterocycles. The van der Waals surface area contributed by atoms with Crippen LogP contribution in [0.5, 0.6) is 5.75 Å². The van der Waals surface area contributed by atoms with Crippen LogP contribution in [0.3, 0.4) is 0 Å². The largest absolute Gasteiger partial charge is 0.492 e. The van der Waals surface area contributed by atoms with E-state index in [1.807, 2.05) is 31.2 Å². The van der Waals surface area contributed by atoms with Crippen molar-refractivity contribution >= 4 is 33.2 Å². The second-order valence-electron chi connectivity index (χ2n) is 8.52. The van der Waals surface area contributed by atoms with E-state index >= 15 is 0 Å². The summed E-state index contributed by atoms with van der Waals surface area (Å²) in [4.78, 5) is 9.04. The number of ether oxygens (including phenoxy) is 1. The van der Waals surface area contributed by atoms with E-state index in [4.69, 9.17) is 10.5 Å².